The molecular formula is C12H15FN2O. The van der Waals surface area contributed by atoms with Crippen LogP contribution in [-0.2, 0) is 11.2 Å². The minimum Gasteiger partial charge on any atom is -0.355 e. The SMILES string of the molecule is O=C(Cc1ccccc1F)NCC1CNC1. The summed E-state index contributed by atoms with van der Waals surface area (Å²) < 4.78 is 13.2. The third-order valence-electron chi connectivity index (χ3n) is 2.76. The van der Waals surface area contributed by atoms with Crippen LogP contribution < -0.4 is 10.6 Å². The molecule has 0 unspecified atom stereocenters. The monoisotopic (exact) mass is 222 g/mol. The van der Waals surface area contributed by atoms with Crippen LogP contribution >= 0.6 is 0 Å². The van der Waals surface area contributed by atoms with Crippen molar-refractivity contribution in [2.24, 2.45) is 5.92 Å². The first kappa shape index (κ1) is 11.1. The number of amides is 1. The average molecular weight is 222 g/mol. The van der Waals surface area contributed by atoms with Gasteiger partial charge < -0.3 is 10.6 Å². The van der Waals surface area contributed by atoms with Crippen molar-refractivity contribution < 1.29 is 9.18 Å². The third kappa shape index (κ3) is 2.79. The van der Waals surface area contributed by atoms with Crippen LogP contribution in [0.3, 0.4) is 0 Å². The van der Waals surface area contributed by atoms with E-state index >= 15 is 0 Å². The van der Waals surface area contributed by atoms with Gasteiger partial charge >= 0.3 is 0 Å². The molecular weight excluding hydrogens is 207 g/mol. The van der Waals surface area contributed by atoms with E-state index in [0.717, 1.165) is 13.1 Å². The minimum absolute atomic E-state index is 0.114. The van der Waals surface area contributed by atoms with Crippen LogP contribution in [0.15, 0.2) is 24.3 Å². The molecule has 1 aromatic carbocycles. The summed E-state index contributed by atoms with van der Waals surface area (Å²) in [6, 6.07) is 6.37. The van der Waals surface area contributed by atoms with Gasteiger partial charge in [-0.2, -0.15) is 0 Å². The maximum absolute atomic E-state index is 13.2. The third-order valence-corrected chi connectivity index (χ3v) is 2.76. The van der Waals surface area contributed by atoms with Crippen LogP contribution in [0.1, 0.15) is 5.56 Å². The van der Waals surface area contributed by atoms with Crippen molar-refractivity contribution in [3.05, 3.63) is 35.6 Å². The molecule has 86 valence electrons. The van der Waals surface area contributed by atoms with Crippen LogP contribution in [0.25, 0.3) is 0 Å². The van der Waals surface area contributed by atoms with Crippen molar-refractivity contribution >= 4 is 5.91 Å². The van der Waals surface area contributed by atoms with Crippen molar-refractivity contribution in [1.82, 2.24) is 10.6 Å². The highest BCUT2D eigenvalue weighted by Gasteiger charge is 2.17. The van der Waals surface area contributed by atoms with Gasteiger partial charge in [-0.3, -0.25) is 4.79 Å². The summed E-state index contributed by atoms with van der Waals surface area (Å²) in [6.07, 6.45) is 0.118. The standard InChI is InChI=1S/C12H15FN2O/c13-11-4-2-1-3-10(11)5-12(16)15-8-9-6-14-7-9/h1-4,9,14H,5-8H2,(H,15,16). The Morgan fingerprint density at radius 1 is 1.44 bits per heavy atom. The molecule has 2 N–H and O–H groups in total. The Kier molecular flexibility index (Phi) is 3.51. The highest BCUT2D eigenvalue weighted by atomic mass is 19.1. The van der Waals surface area contributed by atoms with Gasteiger partial charge in [-0.25, -0.2) is 4.39 Å². The van der Waals surface area contributed by atoms with Crippen LogP contribution in [0.4, 0.5) is 4.39 Å². The zero-order valence-electron chi connectivity index (χ0n) is 9.00. The van der Waals surface area contributed by atoms with E-state index in [1.807, 2.05) is 0 Å². The van der Waals surface area contributed by atoms with Crippen LogP contribution in [0.2, 0.25) is 0 Å². The fourth-order valence-electron chi connectivity index (χ4n) is 1.63. The quantitative estimate of drug-likeness (QED) is 0.787. The maximum Gasteiger partial charge on any atom is 0.224 e. The minimum atomic E-state index is -0.317. The van der Waals surface area contributed by atoms with Gasteiger partial charge in [0.1, 0.15) is 5.82 Å². The molecule has 0 bridgehead atoms. The topological polar surface area (TPSA) is 41.1 Å². The van der Waals surface area contributed by atoms with Crippen molar-refractivity contribution in [1.29, 1.82) is 0 Å². The number of carbonyl (C=O) groups excluding carboxylic acids is 1. The smallest absolute Gasteiger partial charge is 0.224 e. The Bertz CT molecular complexity index is 377. The summed E-state index contributed by atoms with van der Waals surface area (Å²) in [4.78, 5) is 11.5. The van der Waals surface area contributed by atoms with Crippen molar-refractivity contribution in [3.63, 3.8) is 0 Å². The number of carbonyl (C=O) groups is 1. The van der Waals surface area contributed by atoms with Gasteiger partial charge in [0, 0.05) is 25.6 Å². The van der Waals surface area contributed by atoms with E-state index in [2.05, 4.69) is 10.6 Å². The second kappa shape index (κ2) is 5.07. The molecule has 0 radical (unpaired) electrons. The Balaban J connectivity index is 1.80. The summed E-state index contributed by atoms with van der Waals surface area (Å²) in [5.41, 5.74) is 0.451. The first-order valence-electron chi connectivity index (χ1n) is 5.46. The van der Waals surface area contributed by atoms with E-state index in [9.17, 15) is 9.18 Å². The highest BCUT2D eigenvalue weighted by molar-refractivity contribution is 5.78. The molecule has 1 aliphatic heterocycles. The fraction of sp³-hybridized carbons (Fsp3) is 0.417. The maximum atomic E-state index is 13.2. The first-order valence-corrected chi connectivity index (χ1v) is 5.46. The zero-order valence-corrected chi connectivity index (χ0v) is 9.00. The van der Waals surface area contributed by atoms with E-state index in [1.165, 1.54) is 6.07 Å². The van der Waals surface area contributed by atoms with E-state index in [0.29, 0.717) is 18.0 Å². The van der Waals surface area contributed by atoms with Gasteiger partial charge in [-0.05, 0) is 11.6 Å². The van der Waals surface area contributed by atoms with Gasteiger partial charge in [0.15, 0.2) is 0 Å². The lowest BCUT2D eigenvalue weighted by Crippen LogP contribution is -2.48. The molecule has 1 aliphatic rings. The molecule has 0 atom stereocenters. The van der Waals surface area contributed by atoms with E-state index in [4.69, 9.17) is 0 Å². The van der Waals surface area contributed by atoms with E-state index in [1.54, 1.807) is 18.2 Å². The van der Waals surface area contributed by atoms with Crippen molar-refractivity contribution in [2.45, 2.75) is 6.42 Å². The largest absolute Gasteiger partial charge is 0.355 e. The molecule has 1 heterocycles. The Morgan fingerprint density at radius 2 is 2.19 bits per heavy atom. The lowest BCUT2D eigenvalue weighted by Gasteiger charge is -2.27. The Labute approximate surface area is 94.0 Å². The molecule has 1 saturated heterocycles. The number of hydrogen-bond donors (Lipinski definition) is 2. The number of halogens is 1. The molecule has 16 heavy (non-hydrogen) atoms. The average Bonchev–Trinajstić information content (AvgIpc) is 2.19. The van der Waals surface area contributed by atoms with Gasteiger partial charge in [0.25, 0.3) is 0 Å². The second-order valence-corrected chi connectivity index (χ2v) is 4.10. The zero-order chi connectivity index (χ0) is 11.4. The second-order valence-electron chi connectivity index (χ2n) is 4.10. The molecule has 2 rings (SSSR count). The molecule has 1 amide bonds. The molecule has 0 saturated carbocycles. The summed E-state index contributed by atoms with van der Waals surface area (Å²) in [7, 11) is 0. The Morgan fingerprint density at radius 3 is 2.81 bits per heavy atom. The lowest BCUT2D eigenvalue weighted by molar-refractivity contribution is -0.120. The summed E-state index contributed by atoms with van der Waals surface area (Å²) in [6.45, 7) is 2.60. The van der Waals surface area contributed by atoms with Crippen LogP contribution in [-0.4, -0.2) is 25.5 Å². The summed E-state index contributed by atoms with van der Waals surface area (Å²) >= 11 is 0. The number of benzene rings is 1. The summed E-state index contributed by atoms with van der Waals surface area (Å²) in [5, 5.41) is 5.95. The first-order chi connectivity index (χ1) is 7.75. The summed E-state index contributed by atoms with van der Waals surface area (Å²) in [5.74, 6) is 0.101. The number of rotatable bonds is 4. The van der Waals surface area contributed by atoms with E-state index in [-0.39, 0.29) is 18.1 Å². The van der Waals surface area contributed by atoms with E-state index < -0.39 is 0 Å². The van der Waals surface area contributed by atoms with Crippen LogP contribution in [0, 0.1) is 11.7 Å². The highest BCUT2D eigenvalue weighted by Crippen LogP contribution is 2.07. The molecule has 0 spiro atoms. The number of nitrogens with one attached hydrogen (secondary N) is 2. The molecule has 1 aromatic rings. The Hall–Kier alpha value is -1.42. The van der Waals surface area contributed by atoms with Crippen molar-refractivity contribution in [2.75, 3.05) is 19.6 Å². The van der Waals surface area contributed by atoms with Gasteiger partial charge in [-0.1, -0.05) is 18.2 Å². The molecule has 3 nitrogen and oxygen atoms in total. The molecule has 0 aliphatic carbocycles. The predicted octanol–water partition coefficient (Wildman–Crippen LogP) is 0.704. The molecule has 4 heteroatoms. The van der Waals surface area contributed by atoms with Gasteiger partial charge in [0.2, 0.25) is 5.91 Å². The molecule has 0 aromatic heterocycles. The van der Waals surface area contributed by atoms with Gasteiger partial charge in [-0.15, -0.1) is 0 Å². The normalized spacial score (nSPS) is 15.6. The van der Waals surface area contributed by atoms with Gasteiger partial charge in [0.05, 0.1) is 6.42 Å². The fourth-order valence-corrected chi connectivity index (χ4v) is 1.63. The number of hydrogen-bond acceptors (Lipinski definition) is 2. The molecule has 1 fully saturated rings. The van der Waals surface area contributed by atoms with Crippen molar-refractivity contribution in [3.8, 4) is 0 Å². The lowest BCUT2D eigenvalue weighted by atomic mass is 10.0. The predicted molar refractivity (Wildman–Crippen MR) is 59.5 cm³/mol. The van der Waals surface area contributed by atoms with Crippen LogP contribution in [0.5, 0.6) is 0 Å².